The maximum atomic E-state index is 5.90. The fourth-order valence-corrected chi connectivity index (χ4v) is 1.54. The van der Waals surface area contributed by atoms with Crippen molar-refractivity contribution in [2.75, 3.05) is 0 Å². The summed E-state index contributed by atoms with van der Waals surface area (Å²) < 4.78 is 0. The molecular weight excluding hydrogens is 172 g/mol. The second kappa shape index (κ2) is 4.41. The summed E-state index contributed by atoms with van der Waals surface area (Å²) in [6, 6.07) is 0. The van der Waals surface area contributed by atoms with E-state index in [0.717, 1.165) is 18.5 Å². The molecule has 0 radical (unpaired) electrons. The van der Waals surface area contributed by atoms with Crippen molar-refractivity contribution in [3.05, 3.63) is 23.2 Å². The topological polar surface area (TPSA) is 25.8 Å². The third-order valence-electron chi connectivity index (χ3n) is 2.05. The van der Waals surface area contributed by atoms with Crippen molar-refractivity contribution in [3.63, 3.8) is 0 Å². The normalized spacial score (nSPS) is 10.7. The van der Waals surface area contributed by atoms with Gasteiger partial charge in [0.2, 0.25) is 0 Å². The second-order valence-electron chi connectivity index (χ2n) is 2.75. The van der Waals surface area contributed by atoms with Crippen molar-refractivity contribution in [2.24, 2.45) is 0 Å². The van der Waals surface area contributed by atoms with Crippen molar-refractivity contribution in [1.29, 1.82) is 0 Å². The molecule has 0 aliphatic carbocycles. The minimum Gasteiger partial charge on any atom is -0.256 e. The van der Waals surface area contributed by atoms with E-state index in [0.29, 0.717) is 11.1 Å². The summed E-state index contributed by atoms with van der Waals surface area (Å²) in [6.45, 7) is 4.28. The van der Waals surface area contributed by atoms with Crippen LogP contribution in [0.3, 0.4) is 0 Å². The summed E-state index contributed by atoms with van der Waals surface area (Å²) in [5, 5.41) is 0.547. The molecule has 1 aromatic heterocycles. The van der Waals surface area contributed by atoms with Crippen molar-refractivity contribution >= 4 is 11.6 Å². The molecule has 0 unspecified atom stereocenters. The first-order valence-electron chi connectivity index (χ1n) is 4.26. The van der Waals surface area contributed by atoms with E-state index in [4.69, 9.17) is 11.6 Å². The molecule has 1 aromatic rings. The molecule has 0 aliphatic rings. The number of hydrogen-bond donors (Lipinski definition) is 0. The lowest BCUT2D eigenvalue weighted by atomic mass is 10.0. The van der Waals surface area contributed by atoms with E-state index in [1.807, 2.05) is 0 Å². The molecule has 1 rings (SSSR count). The summed E-state index contributed by atoms with van der Waals surface area (Å²) in [6.07, 6.45) is 5.44. The minimum absolute atomic E-state index is 0.450. The molecular formula is C9H13ClN2. The number of aromatic nitrogens is 2. The van der Waals surface area contributed by atoms with E-state index < -0.39 is 0 Å². The van der Waals surface area contributed by atoms with Gasteiger partial charge in [0.15, 0.2) is 5.15 Å². The van der Waals surface area contributed by atoms with Crippen molar-refractivity contribution < 1.29 is 0 Å². The van der Waals surface area contributed by atoms with E-state index in [-0.39, 0.29) is 0 Å². The Morgan fingerprint density at radius 2 is 1.83 bits per heavy atom. The van der Waals surface area contributed by atoms with Crippen LogP contribution in [0.4, 0.5) is 0 Å². The highest BCUT2D eigenvalue weighted by Gasteiger charge is 2.12. The summed E-state index contributed by atoms with van der Waals surface area (Å²) >= 11 is 5.90. The predicted molar refractivity (Wildman–Crippen MR) is 50.4 cm³/mol. The minimum atomic E-state index is 0.450. The van der Waals surface area contributed by atoms with Gasteiger partial charge in [0.25, 0.3) is 0 Å². The number of rotatable bonds is 3. The van der Waals surface area contributed by atoms with E-state index in [9.17, 15) is 0 Å². The molecule has 0 bridgehead atoms. The molecule has 12 heavy (non-hydrogen) atoms. The van der Waals surface area contributed by atoms with Gasteiger partial charge in [0, 0.05) is 18.3 Å². The number of hydrogen-bond acceptors (Lipinski definition) is 2. The monoisotopic (exact) mass is 184 g/mol. The molecule has 0 aromatic carbocycles. The zero-order valence-corrected chi connectivity index (χ0v) is 8.17. The SMILES string of the molecule is CCC(CC)c1nccnc1Cl. The van der Waals surface area contributed by atoms with Crippen LogP contribution in [0, 0.1) is 0 Å². The van der Waals surface area contributed by atoms with Gasteiger partial charge in [-0.1, -0.05) is 25.4 Å². The van der Waals surface area contributed by atoms with Gasteiger partial charge in [-0.25, -0.2) is 4.98 Å². The molecule has 0 saturated carbocycles. The Labute approximate surface area is 78.0 Å². The highest BCUT2D eigenvalue weighted by atomic mass is 35.5. The lowest BCUT2D eigenvalue weighted by Crippen LogP contribution is -2.00. The Kier molecular flexibility index (Phi) is 3.48. The van der Waals surface area contributed by atoms with Crippen LogP contribution < -0.4 is 0 Å². The van der Waals surface area contributed by atoms with Gasteiger partial charge in [-0.2, -0.15) is 0 Å². The Hall–Kier alpha value is -0.630. The second-order valence-corrected chi connectivity index (χ2v) is 3.10. The summed E-state index contributed by atoms with van der Waals surface area (Å²) in [5.41, 5.74) is 0.934. The number of nitrogens with zero attached hydrogens (tertiary/aromatic N) is 2. The molecule has 66 valence electrons. The van der Waals surface area contributed by atoms with Crippen LogP contribution in [0.15, 0.2) is 12.4 Å². The van der Waals surface area contributed by atoms with E-state index in [1.165, 1.54) is 0 Å². The van der Waals surface area contributed by atoms with Gasteiger partial charge in [-0.15, -0.1) is 0 Å². The lowest BCUT2D eigenvalue weighted by Gasteiger charge is -2.11. The molecule has 1 heterocycles. The Morgan fingerprint density at radius 3 is 2.33 bits per heavy atom. The average molecular weight is 185 g/mol. The van der Waals surface area contributed by atoms with Crippen molar-refractivity contribution in [1.82, 2.24) is 9.97 Å². The third kappa shape index (κ3) is 1.95. The van der Waals surface area contributed by atoms with E-state index >= 15 is 0 Å². The highest BCUT2D eigenvalue weighted by Crippen LogP contribution is 2.25. The Morgan fingerprint density at radius 1 is 1.25 bits per heavy atom. The van der Waals surface area contributed by atoms with Gasteiger partial charge in [-0.05, 0) is 12.8 Å². The molecule has 0 spiro atoms. The first kappa shape index (κ1) is 9.46. The van der Waals surface area contributed by atoms with Crippen LogP contribution in [0.5, 0.6) is 0 Å². The van der Waals surface area contributed by atoms with E-state index in [2.05, 4.69) is 23.8 Å². The van der Waals surface area contributed by atoms with Gasteiger partial charge in [0.05, 0.1) is 5.69 Å². The Balaban J connectivity index is 2.92. The van der Waals surface area contributed by atoms with Crippen LogP contribution in [-0.4, -0.2) is 9.97 Å². The van der Waals surface area contributed by atoms with Gasteiger partial charge >= 0.3 is 0 Å². The van der Waals surface area contributed by atoms with Crippen LogP contribution in [0.2, 0.25) is 5.15 Å². The molecule has 0 saturated heterocycles. The van der Waals surface area contributed by atoms with Crippen LogP contribution in [-0.2, 0) is 0 Å². The largest absolute Gasteiger partial charge is 0.256 e. The van der Waals surface area contributed by atoms with Crippen LogP contribution in [0.1, 0.15) is 38.3 Å². The van der Waals surface area contributed by atoms with Gasteiger partial charge < -0.3 is 0 Å². The number of halogens is 1. The predicted octanol–water partition coefficient (Wildman–Crippen LogP) is 3.03. The fourth-order valence-electron chi connectivity index (χ4n) is 1.28. The smallest absolute Gasteiger partial charge is 0.150 e. The summed E-state index contributed by atoms with van der Waals surface area (Å²) in [4.78, 5) is 8.22. The highest BCUT2D eigenvalue weighted by molar-refractivity contribution is 6.30. The zero-order chi connectivity index (χ0) is 8.97. The first-order valence-corrected chi connectivity index (χ1v) is 4.63. The van der Waals surface area contributed by atoms with Gasteiger partial charge in [0.1, 0.15) is 0 Å². The van der Waals surface area contributed by atoms with Crippen LogP contribution >= 0.6 is 11.6 Å². The quantitative estimate of drug-likeness (QED) is 0.722. The van der Waals surface area contributed by atoms with Crippen molar-refractivity contribution in [2.45, 2.75) is 32.6 Å². The van der Waals surface area contributed by atoms with Crippen LogP contribution in [0.25, 0.3) is 0 Å². The molecule has 0 amide bonds. The fraction of sp³-hybridized carbons (Fsp3) is 0.556. The molecule has 3 heteroatoms. The maximum Gasteiger partial charge on any atom is 0.150 e. The van der Waals surface area contributed by atoms with Crippen molar-refractivity contribution in [3.8, 4) is 0 Å². The maximum absolute atomic E-state index is 5.90. The molecule has 0 atom stereocenters. The first-order chi connectivity index (χ1) is 5.79. The third-order valence-corrected chi connectivity index (χ3v) is 2.34. The molecule has 0 fully saturated rings. The lowest BCUT2D eigenvalue weighted by molar-refractivity contribution is 0.620. The van der Waals surface area contributed by atoms with Gasteiger partial charge in [-0.3, -0.25) is 4.98 Å². The summed E-state index contributed by atoms with van der Waals surface area (Å²) in [5.74, 6) is 0.450. The standard InChI is InChI=1S/C9H13ClN2/c1-3-7(4-2)8-9(10)12-6-5-11-8/h5-7H,3-4H2,1-2H3. The molecule has 2 nitrogen and oxygen atoms in total. The zero-order valence-electron chi connectivity index (χ0n) is 7.42. The molecule has 0 N–H and O–H groups in total. The average Bonchev–Trinajstić information content (AvgIpc) is 2.10. The molecule has 0 aliphatic heterocycles. The van der Waals surface area contributed by atoms with E-state index in [1.54, 1.807) is 12.4 Å². The Bertz CT molecular complexity index is 246. The summed E-state index contributed by atoms with van der Waals surface area (Å²) in [7, 11) is 0.